The highest BCUT2D eigenvalue weighted by Crippen LogP contribution is 2.23. The van der Waals surface area contributed by atoms with Crippen LogP contribution in [0.3, 0.4) is 0 Å². The fraction of sp³-hybridized carbons (Fsp3) is 0.375. The van der Waals surface area contributed by atoms with Crippen molar-refractivity contribution in [3.8, 4) is 5.75 Å². The quantitative estimate of drug-likeness (QED) is 0.892. The van der Waals surface area contributed by atoms with E-state index in [1.807, 2.05) is 45.0 Å². The summed E-state index contributed by atoms with van der Waals surface area (Å²) < 4.78 is 32.5. The van der Waals surface area contributed by atoms with Crippen LogP contribution < -0.4 is 9.46 Å². The second-order valence-electron chi connectivity index (χ2n) is 5.35. The molecule has 4 nitrogen and oxygen atoms in total. The van der Waals surface area contributed by atoms with Gasteiger partial charge in [0.2, 0.25) is 10.0 Å². The van der Waals surface area contributed by atoms with E-state index in [0.29, 0.717) is 18.0 Å². The van der Waals surface area contributed by atoms with Gasteiger partial charge in [-0.15, -0.1) is 0 Å². The van der Waals surface area contributed by atoms with Gasteiger partial charge in [0.15, 0.2) is 0 Å². The van der Waals surface area contributed by atoms with E-state index in [4.69, 9.17) is 4.74 Å². The van der Waals surface area contributed by atoms with E-state index in [0.717, 1.165) is 16.5 Å². The summed E-state index contributed by atoms with van der Waals surface area (Å²) in [6.07, 6.45) is 0. The molecular formula is C16H21NO3S. The van der Waals surface area contributed by atoms with Crippen LogP contribution in [-0.2, 0) is 10.0 Å². The zero-order valence-corrected chi connectivity index (χ0v) is 13.4. The zero-order valence-electron chi connectivity index (χ0n) is 12.6. The molecule has 0 radical (unpaired) electrons. The number of nitrogens with one attached hydrogen (secondary N) is 1. The van der Waals surface area contributed by atoms with E-state index in [-0.39, 0.29) is 5.92 Å². The molecule has 0 saturated carbocycles. The van der Waals surface area contributed by atoms with E-state index < -0.39 is 10.0 Å². The SMILES string of the molecule is CCOc1ccc2cc(S(=O)(=O)NCC(C)C)ccc2c1. The van der Waals surface area contributed by atoms with Crippen molar-refractivity contribution in [2.45, 2.75) is 25.7 Å². The Morgan fingerprint density at radius 3 is 2.43 bits per heavy atom. The van der Waals surface area contributed by atoms with Gasteiger partial charge in [-0.2, -0.15) is 0 Å². The lowest BCUT2D eigenvalue weighted by atomic mass is 10.1. The summed E-state index contributed by atoms with van der Waals surface area (Å²) in [5.74, 6) is 1.06. The number of fused-ring (bicyclic) bond motifs is 1. The molecule has 0 bridgehead atoms. The number of hydrogen-bond donors (Lipinski definition) is 1. The second-order valence-corrected chi connectivity index (χ2v) is 7.12. The van der Waals surface area contributed by atoms with Crippen molar-refractivity contribution in [1.82, 2.24) is 4.72 Å². The summed E-state index contributed by atoms with van der Waals surface area (Å²) in [5.41, 5.74) is 0. The van der Waals surface area contributed by atoms with Gasteiger partial charge in [-0.3, -0.25) is 0 Å². The Morgan fingerprint density at radius 2 is 1.76 bits per heavy atom. The number of rotatable bonds is 6. The minimum Gasteiger partial charge on any atom is -0.494 e. The van der Waals surface area contributed by atoms with Gasteiger partial charge in [0.1, 0.15) is 5.75 Å². The second kappa shape index (κ2) is 6.45. The molecule has 0 heterocycles. The molecule has 0 saturated heterocycles. The van der Waals surface area contributed by atoms with E-state index in [9.17, 15) is 8.42 Å². The summed E-state index contributed by atoms with van der Waals surface area (Å²) in [6, 6.07) is 10.8. The summed E-state index contributed by atoms with van der Waals surface area (Å²) in [5, 5.41) is 1.84. The topological polar surface area (TPSA) is 55.4 Å². The highest BCUT2D eigenvalue weighted by molar-refractivity contribution is 7.89. The predicted molar refractivity (Wildman–Crippen MR) is 85.1 cm³/mol. The van der Waals surface area contributed by atoms with Gasteiger partial charge in [-0.25, -0.2) is 13.1 Å². The maximum absolute atomic E-state index is 12.2. The molecule has 1 N–H and O–H groups in total. The molecule has 2 aromatic rings. The smallest absolute Gasteiger partial charge is 0.240 e. The fourth-order valence-electron chi connectivity index (χ4n) is 1.99. The highest BCUT2D eigenvalue weighted by Gasteiger charge is 2.14. The van der Waals surface area contributed by atoms with Gasteiger partial charge in [0, 0.05) is 6.54 Å². The molecule has 5 heteroatoms. The molecule has 0 unspecified atom stereocenters. The Morgan fingerprint density at radius 1 is 1.10 bits per heavy atom. The third-order valence-electron chi connectivity index (χ3n) is 3.09. The number of benzene rings is 2. The lowest BCUT2D eigenvalue weighted by Crippen LogP contribution is -2.27. The van der Waals surface area contributed by atoms with Crippen LogP contribution in [-0.4, -0.2) is 21.6 Å². The van der Waals surface area contributed by atoms with Gasteiger partial charge < -0.3 is 4.74 Å². The molecule has 114 valence electrons. The van der Waals surface area contributed by atoms with E-state index in [1.54, 1.807) is 12.1 Å². The molecule has 0 amide bonds. The van der Waals surface area contributed by atoms with Crippen molar-refractivity contribution in [3.05, 3.63) is 36.4 Å². The van der Waals surface area contributed by atoms with Crippen LogP contribution in [0.5, 0.6) is 5.75 Å². The van der Waals surface area contributed by atoms with Crippen molar-refractivity contribution in [3.63, 3.8) is 0 Å². The minimum absolute atomic E-state index is 0.272. The van der Waals surface area contributed by atoms with E-state index in [2.05, 4.69) is 4.72 Å². The van der Waals surface area contributed by atoms with Gasteiger partial charge in [0.05, 0.1) is 11.5 Å². The molecule has 0 aliphatic heterocycles. The Hall–Kier alpha value is -1.59. The number of sulfonamides is 1. The summed E-state index contributed by atoms with van der Waals surface area (Å²) in [6.45, 7) is 6.91. The Labute approximate surface area is 126 Å². The van der Waals surface area contributed by atoms with Crippen LogP contribution in [0.1, 0.15) is 20.8 Å². The molecule has 0 spiro atoms. The average molecular weight is 307 g/mol. The molecule has 0 aromatic heterocycles. The average Bonchev–Trinajstić information content (AvgIpc) is 2.45. The van der Waals surface area contributed by atoms with Crippen LogP contribution in [0, 0.1) is 5.92 Å². The summed E-state index contributed by atoms with van der Waals surface area (Å²) >= 11 is 0. The first-order valence-corrected chi connectivity index (χ1v) is 8.57. The Bertz CT molecular complexity index is 723. The summed E-state index contributed by atoms with van der Waals surface area (Å²) in [7, 11) is -3.45. The first-order valence-electron chi connectivity index (χ1n) is 7.08. The van der Waals surface area contributed by atoms with Crippen LogP contribution in [0.2, 0.25) is 0 Å². The van der Waals surface area contributed by atoms with Gasteiger partial charge >= 0.3 is 0 Å². The zero-order chi connectivity index (χ0) is 15.5. The van der Waals surface area contributed by atoms with E-state index >= 15 is 0 Å². The first kappa shape index (κ1) is 15.8. The highest BCUT2D eigenvalue weighted by atomic mass is 32.2. The van der Waals surface area contributed by atoms with Crippen molar-refractivity contribution >= 4 is 20.8 Å². The Balaban J connectivity index is 2.32. The van der Waals surface area contributed by atoms with Crippen molar-refractivity contribution in [2.24, 2.45) is 5.92 Å². The predicted octanol–water partition coefficient (Wildman–Crippen LogP) is 3.17. The fourth-order valence-corrected chi connectivity index (χ4v) is 3.23. The van der Waals surface area contributed by atoms with Crippen LogP contribution >= 0.6 is 0 Å². The largest absolute Gasteiger partial charge is 0.494 e. The standard InChI is InChI=1S/C16H21NO3S/c1-4-20-15-7-5-14-10-16(8-6-13(14)9-15)21(18,19)17-11-12(2)3/h5-10,12,17H,4,11H2,1-3H3. The molecule has 2 aromatic carbocycles. The lowest BCUT2D eigenvalue weighted by Gasteiger charge is -2.10. The summed E-state index contributed by atoms with van der Waals surface area (Å²) in [4.78, 5) is 0.291. The Kier molecular flexibility index (Phi) is 4.85. The normalized spacial score (nSPS) is 12.0. The monoisotopic (exact) mass is 307 g/mol. The maximum Gasteiger partial charge on any atom is 0.240 e. The number of ether oxygens (including phenoxy) is 1. The molecule has 0 aliphatic rings. The van der Waals surface area contributed by atoms with Crippen molar-refractivity contribution in [1.29, 1.82) is 0 Å². The third-order valence-corrected chi connectivity index (χ3v) is 4.51. The third kappa shape index (κ3) is 3.95. The van der Waals surface area contributed by atoms with Crippen LogP contribution in [0.15, 0.2) is 41.3 Å². The van der Waals surface area contributed by atoms with Crippen LogP contribution in [0.4, 0.5) is 0 Å². The lowest BCUT2D eigenvalue weighted by molar-refractivity contribution is 0.341. The molecule has 0 fully saturated rings. The maximum atomic E-state index is 12.2. The molecule has 0 atom stereocenters. The molecule has 21 heavy (non-hydrogen) atoms. The number of hydrogen-bond acceptors (Lipinski definition) is 3. The van der Waals surface area contributed by atoms with Crippen molar-refractivity contribution in [2.75, 3.05) is 13.2 Å². The first-order chi connectivity index (χ1) is 9.92. The minimum atomic E-state index is -3.45. The van der Waals surface area contributed by atoms with Gasteiger partial charge in [0.25, 0.3) is 0 Å². The molecule has 0 aliphatic carbocycles. The molecule has 2 rings (SSSR count). The van der Waals surface area contributed by atoms with Crippen molar-refractivity contribution < 1.29 is 13.2 Å². The van der Waals surface area contributed by atoms with Gasteiger partial charge in [-0.1, -0.05) is 26.0 Å². The molecular weight excluding hydrogens is 286 g/mol. The van der Waals surface area contributed by atoms with Gasteiger partial charge in [-0.05, 0) is 47.9 Å². The van der Waals surface area contributed by atoms with Crippen LogP contribution in [0.25, 0.3) is 10.8 Å². The van der Waals surface area contributed by atoms with E-state index in [1.165, 1.54) is 0 Å².